The van der Waals surface area contributed by atoms with Crippen molar-refractivity contribution in [1.82, 2.24) is 0 Å². The van der Waals surface area contributed by atoms with Crippen LogP contribution in [0.2, 0.25) is 0 Å². The Kier molecular flexibility index (Phi) is 9.61. The Morgan fingerprint density at radius 1 is 0.909 bits per heavy atom. The largest absolute Gasteiger partial charge is 0.394 e. The normalized spacial score (nSPS) is 46.8. The summed E-state index contributed by atoms with van der Waals surface area (Å²) in [5.74, 6) is -1.03. The van der Waals surface area contributed by atoms with Crippen LogP contribution in [0.1, 0.15) is 44.9 Å². The van der Waals surface area contributed by atoms with Crippen molar-refractivity contribution < 1.29 is 54.8 Å². The Balaban J connectivity index is 1.49. The van der Waals surface area contributed by atoms with Gasteiger partial charge < -0.3 is 50.0 Å². The Labute approximate surface area is 192 Å². The van der Waals surface area contributed by atoms with E-state index in [-0.39, 0.29) is 37.1 Å². The molecule has 192 valence electrons. The van der Waals surface area contributed by atoms with Crippen LogP contribution in [-0.2, 0) is 19.0 Å². The molecule has 11 heteroatoms. The quantitative estimate of drug-likeness (QED) is 0.201. The lowest BCUT2D eigenvalue weighted by Gasteiger charge is -2.43. The maximum atomic E-state index is 12.8. The van der Waals surface area contributed by atoms with E-state index < -0.39 is 67.6 Å². The standard InChI is InChI=1S/C22H38O11/c1-31-16-5-3-10(6-13(16)25)2-4-12(24)18-14(26)7-11(8-15(18)27)32-22-21(30)20(29)19(28)17(9-23)33-22/h10-11,13-23,25-30H,2-9H2,1H3/t10?,11?,13?,14?,15?,16?,17-,18?,19-,20+,21-,22-/m1/s1. The third-order valence-corrected chi connectivity index (χ3v) is 7.35. The van der Waals surface area contributed by atoms with Crippen molar-refractivity contribution in [1.29, 1.82) is 0 Å². The zero-order valence-corrected chi connectivity index (χ0v) is 18.8. The molecular formula is C22H38O11. The Hall–Kier alpha value is -0.730. The first-order chi connectivity index (χ1) is 15.7. The van der Waals surface area contributed by atoms with Crippen LogP contribution in [0.3, 0.4) is 0 Å². The molecule has 33 heavy (non-hydrogen) atoms. The summed E-state index contributed by atoms with van der Waals surface area (Å²) < 4.78 is 16.2. The van der Waals surface area contributed by atoms with Crippen molar-refractivity contribution in [2.45, 2.75) is 106 Å². The highest BCUT2D eigenvalue weighted by molar-refractivity contribution is 5.82. The first kappa shape index (κ1) is 26.9. The summed E-state index contributed by atoms with van der Waals surface area (Å²) >= 11 is 0. The van der Waals surface area contributed by atoms with E-state index in [4.69, 9.17) is 14.2 Å². The number of hydrogen-bond acceptors (Lipinski definition) is 11. The number of Topliss-reactive ketones (excluding diaryl/α,β-unsaturated/α-hetero) is 1. The number of aliphatic hydroxyl groups is 7. The van der Waals surface area contributed by atoms with Gasteiger partial charge in [0.25, 0.3) is 0 Å². The highest BCUT2D eigenvalue weighted by Gasteiger charge is 2.47. The number of ether oxygens (including phenoxy) is 3. The molecular weight excluding hydrogens is 440 g/mol. The molecule has 1 heterocycles. The molecule has 0 bridgehead atoms. The van der Waals surface area contributed by atoms with Gasteiger partial charge in [-0.15, -0.1) is 0 Å². The lowest BCUT2D eigenvalue weighted by atomic mass is 9.76. The highest BCUT2D eigenvalue weighted by atomic mass is 16.7. The molecule has 3 aliphatic rings. The highest BCUT2D eigenvalue weighted by Crippen LogP contribution is 2.34. The van der Waals surface area contributed by atoms with E-state index in [9.17, 15) is 40.5 Å². The van der Waals surface area contributed by atoms with Gasteiger partial charge in [-0.25, -0.2) is 0 Å². The number of methoxy groups -OCH3 is 1. The number of aliphatic hydroxyl groups excluding tert-OH is 7. The summed E-state index contributed by atoms with van der Waals surface area (Å²) in [5.41, 5.74) is 0. The van der Waals surface area contributed by atoms with Crippen LogP contribution in [-0.4, -0.2) is 116 Å². The van der Waals surface area contributed by atoms with Gasteiger partial charge in [0.15, 0.2) is 6.29 Å². The molecule has 0 aromatic rings. The second kappa shape index (κ2) is 11.8. The molecule has 0 aromatic carbocycles. The molecule has 3 rings (SSSR count). The van der Waals surface area contributed by atoms with Crippen LogP contribution in [0.15, 0.2) is 0 Å². The third kappa shape index (κ3) is 6.29. The van der Waals surface area contributed by atoms with Crippen molar-refractivity contribution in [3.05, 3.63) is 0 Å². The topological polar surface area (TPSA) is 186 Å². The van der Waals surface area contributed by atoms with Gasteiger partial charge >= 0.3 is 0 Å². The van der Waals surface area contributed by atoms with Crippen LogP contribution in [0.25, 0.3) is 0 Å². The smallest absolute Gasteiger partial charge is 0.186 e. The Bertz CT molecular complexity index is 619. The van der Waals surface area contributed by atoms with Gasteiger partial charge in [0.2, 0.25) is 0 Å². The zero-order valence-electron chi connectivity index (χ0n) is 18.8. The summed E-state index contributed by atoms with van der Waals surface area (Å²) in [6.45, 7) is -0.596. The first-order valence-corrected chi connectivity index (χ1v) is 11.7. The average molecular weight is 479 g/mol. The first-order valence-electron chi connectivity index (χ1n) is 11.7. The molecule has 5 unspecified atom stereocenters. The predicted octanol–water partition coefficient (Wildman–Crippen LogP) is -2.17. The van der Waals surface area contributed by atoms with E-state index >= 15 is 0 Å². The molecule has 7 N–H and O–H groups in total. The average Bonchev–Trinajstić information content (AvgIpc) is 2.77. The van der Waals surface area contributed by atoms with Crippen molar-refractivity contribution in [3.63, 3.8) is 0 Å². The molecule has 1 saturated heterocycles. The fourth-order valence-electron chi connectivity index (χ4n) is 5.35. The van der Waals surface area contributed by atoms with E-state index in [2.05, 4.69) is 0 Å². The predicted molar refractivity (Wildman–Crippen MR) is 112 cm³/mol. The van der Waals surface area contributed by atoms with Crippen LogP contribution < -0.4 is 0 Å². The van der Waals surface area contributed by atoms with Gasteiger partial charge in [-0.3, -0.25) is 4.79 Å². The number of carbonyl (C=O) groups is 1. The number of hydrogen-bond donors (Lipinski definition) is 7. The van der Waals surface area contributed by atoms with Crippen LogP contribution >= 0.6 is 0 Å². The van der Waals surface area contributed by atoms with Crippen LogP contribution in [0, 0.1) is 11.8 Å². The van der Waals surface area contributed by atoms with Crippen LogP contribution in [0.4, 0.5) is 0 Å². The molecule has 0 aromatic heterocycles. The molecule has 10 atom stereocenters. The summed E-state index contributed by atoms with van der Waals surface area (Å²) in [4.78, 5) is 12.8. The SMILES string of the molecule is COC1CCC(CCC(=O)C2C(O)CC(O[C@@H]3O[C@H](CO)[C@@H](O)[C@H](O)[C@H]3O)CC2O)CC1O. The molecule has 0 spiro atoms. The zero-order chi connectivity index (χ0) is 24.3. The molecule has 2 aliphatic carbocycles. The van der Waals surface area contributed by atoms with Gasteiger partial charge in [0, 0.05) is 26.4 Å². The van der Waals surface area contributed by atoms with Crippen molar-refractivity contribution in [3.8, 4) is 0 Å². The third-order valence-electron chi connectivity index (χ3n) is 7.35. The molecule has 0 amide bonds. The minimum atomic E-state index is -1.59. The fourth-order valence-corrected chi connectivity index (χ4v) is 5.35. The van der Waals surface area contributed by atoms with Gasteiger partial charge in [-0.2, -0.15) is 0 Å². The number of ketones is 1. The van der Waals surface area contributed by atoms with Gasteiger partial charge in [0.1, 0.15) is 30.2 Å². The minimum absolute atomic E-state index is 0.0140. The summed E-state index contributed by atoms with van der Waals surface area (Å²) in [5, 5.41) is 70.4. The fraction of sp³-hybridized carbons (Fsp3) is 0.955. The molecule has 0 radical (unpaired) electrons. The van der Waals surface area contributed by atoms with Gasteiger partial charge in [0.05, 0.1) is 43.0 Å². The lowest BCUT2D eigenvalue weighted by Crippen LogP contribution is -2.60. The molecule has 2 saturated carbocycles. The number of rotatable bonds is 8. The second-order valence-corrected chi connectivity index (χ2v) is 9.61. The Morgan fingerprint density at radius 3 is 2.15 bits per heavy atom. The summed E-state index contributed by atoms with van der Waals surface area (Å²) in [6.07, 6.45) is -8.12. The molecule has 11 nitrogen and oxygen atoms in total. The number of carbonyl (C=O) groups excluding carboxylic acids is 1. The summed E-state index contributed by atoms with van der Waals surface area (Å²) in [6, 6.07) is 0. The molecule has 3 fully saturated rings. The lowest BCUT2D eigenvalue weighted by molar-refractivity contribution is -0.316. The van der Waals surface area contributed by atoms with E-state index in [1.165, 1.54) is 0 Å². The summed E-state index contributed by atoms with van der Waals surface area (Å²) in [7, 11) is 1.57. The molecule has 1 aliphatic heterocycles. The van der Waals surface area contributed by atoms with Gasteiger partial charge in [-0.1, -0.05) is 0 Å². The monoisotopic (exact) mass is 478 g/mol. The van der Waals surface area contributed by atoms with Crippen molar-refractivity contribution in [2.75, 3.05) is 13.7 Å². The van der Waals surface area contributed by atoms with Crippen molar-refractivity contribution >= 4 is 5.78 Å². The van der Waals surface area contributed by atoms with E-state index in [0.717, 1.165) is 12.8 Å². The van der Waals surface area contributed by atoms with Crippen LogP contribution in [0.5, 0.6) is 0 Å². The van der Waals surface area contributed by atoms with Crippen molar-refractivity contribution in [2.24, 2.45) is 11.8 Å². The van der Waals surface area contributed by atoms with E-state index in [1.54, 1.807) is 7.11 Å². The minimum Gasteiger partial charge on any atom is -0.394 e. The Morgan fingerprint density at radius 2 is 1.58 bits per heavy atom. The second-order valence-electron chi connectivity index (χ2n) is 9.61. The van der Waals surface area contributed by atoms with Gasteiger partial charge in [-0.05, 0) is 31.6 Å². The maximum Gasteiger partial charge on any atom is 0.186 e. The maximum absolute atomic E-state index is 12.8. The van der Waals surface area contributed by atoms with E-state index in [1.807, 2.05) is 0 Å². The van der Waals surface area contributed by atoms with E-state index in [0.29, 0.717) is 12.8 Å².